The Morgan fingerprint density at radius 2 is 1.88 bits per heavy atom. The monoisotopic (exact) mass is 226 g/mol. The molecule has 0 atom stereocenters. The largest absolute Gasteiger partial charge is 0.465 e. The van der Waals surface area contributed by atoms with Crippen LogP contribution in [0.1, 0.15) is 10.4 Å². The molecule has 0 unspecified atom stereocenters. The van der Waals surface area contributed by atoms with Crippen molar-refractivity contribution in [2.45, 2.75) is 0 Å². The fraction of sp³-hybridized carbons (Fsp3) is 0.0714. The predicted octanol–water partition coefficient (Wildman–Crippen LogP) is 3.32. The van der Waals surface area contributed by atoms with Gasteiger partial charge in [-0.2, -0.15) is 0 Å². The molecule has 1 aromatic rings. The summed E-state index contributed by atoms with van der Waals surface area (Å²) in [6.07, 6.45) is 1.59. The highest BCUT2D eigenvalue weighted by Gasteiger charge is 2.24. The first-order valence-electron chi connectivity index (χ1n) is 5.29. The Labute approximate surface area is 97.9 Å². The zero-order chi connectivity index (χ0) is 11.8. The second-order valence-electron chi connectivity index (χ2n) is 3.77. The lowest BCUT2D eigenvalue weighted by Gasteiger charge is -1.99. The Hall–Kier alpha value is -2.29. The number of furan rings is 1. The number of fused-ring (bicyclic) bond motifs is 3. The lowest BCUT2D eigenvalue weighted by Crippen LogP contribution is -2.00. The second-order valence-corrected chi connectivity index (χ2v) is 3.77. The molecule has 0 saturated carbocycles. The van der Waals surface area contributed by atoms with Crippen molar-refractivity contribution in [1.29, 1.82) is 0 Å². The number of hydrogen-bond donors (Lipinski definition) is 0. The van der Waals surface area contributed by atoms with Gasteiger partial charge in [-0.25, -0.2) is 4.79 Å². The minimum Gasteiger partial charge on any atom is -0.465 e. The van der Waals surface area contributed by atoms with Gasteiger partial charge in [-0.05, 0) is 6.07 Å². The second kappa shape index (κ2) is 3.63. The molecule has 0 fully saturated rings. The van der Waals surface area contributed by atoms with Crippen LogP contribution in [-0.2, 0) is 4.74 Å². The Kier molecular flexibility index (Phi) is 2.11. The van der Waals surface area contributed by atoms with Crippen molar-refractivity contribution in [3.8, 4) is 11.1 Å². The number of methoxy groups -OCH3 is 1. The molecule has 17 heavy (non-hydrogen) atoms. The van der Waals surface area contributed by atoms with E-state index in [9.17, 15) is 4.79 Å². The van der Waals surface area contributed by atoms with Crippen LogP contribution >= 0.6 is 0 Å². The Balaban J connectivity index is 2.46. The average Bonchev–Trinajstić information content (AvgIpc) is 2.82. The molecule has 1 aromatic heterocycles. The van der Waals surface area contributed by atoms with E-state index in [4.69, 9.17) is 9.15 Å². The zero-order valence-corrected chi connectivity index (χ0v) is 9.27. The van der Waals surface area contributed by atoms with E-state index in [0.717, 1.165) is 22.1 Å². The maximum absolute atomic E-state index is 11.8. The molecule has 0 N–H and O–H groups in total. The van der Waals surface area contributed by atoms with Crippen LogP contribution < -0.4 is 0 Å². The minimum absolute atomic E-state index is 0.336. The van der Waals surface area contributed by atoms with Crippen LogP contribution in [0.2, 0.25) is 0 Å². The van der Waals surface area contributed by atoms with E-state index in [-0.39, 0.29) is 5.97 Å². The Morgan fingerprint density at radius 1 is 1.12 bits per heavy atom. The molecule has 3 nitrogen and oxygen atoms in total. The first kappa shape index (κ1) is 9.90. The molecule has 0 saturated heterocycles. The Morgan fingerprint density at radius 3 is 2.65 bits per heavy atom. The molecule has 1 heterocycles. The fourth-order valence-electron chi connectivity index (χ4n) is 2.15. The molecule has 3 rings (SSSR count). The first-order valence-corrected chi connectivity index (χ1v) is 5.29. The van der Waals surface area contributed by atoms with Gasteiger partial charge >= 0.3 is 5.97 Å². The number of carbonyl (C=O) groups excluding carboxylic acids is 1. The molecule has 0 bridgehead atoms. The number of ether oxygens (including phenoxy) is 1. The third-order valence-corrected chi connectivity index (χ3v) is 2.88. The van der Waals surface area contributed by atoms with Crippen LogP contribution in [0, 0.1) is 0 Å². The number of rotatable bonds is 1. The molecular weight excluding hydrogens is 216 g/mol. The summed E-state index contributed by atoms with van der Waals surface area (Å²) in [5.41, 5.74) is 3.09. The van der Waals surface area contributed by atoms with Gasteiger partial charge in [-0.15, -0.1) is 0 Å². The lowest BCUT2D eigenvalue weighted by atomic mass is 10.1. The summed E-state index contributed by atoms with van der Waals surface area (Å²) in [4.78, 5) is 11.8. The summed E-state index contributed by atoms with van der Waals surface area (Å²) < 4.78 is 10.3. The van der Waals surface area contributed by atoms with Gasteiger partial charge in [0.2, 0.25) is 0 Å². The van der Waals surface area contributed by atoms with Crippen LogP contribution in [0.4, 0.5) is 0 Å². The van der Waals surface area contributed by atoms with Crippen molar-refractivity contribution in [3.63, 3.8) is 0 Å². The normalized spacial score (nSPS) is 10.9. The van der Waals surface area contributed by atoms with Crippen LogP contribution in [0.25, 0.3) is 22.1 Å². The highest BCUT2D eigenvalue weighted by molar-refractivity contribution is 6.16. The first-order chi connectivity index (χ1) is 8.33. The van der Waals surface area contributed by atoms with Gasteiger partial charge < -0.3 is 9.15 Å². The molecule has 0 radical (unpaired) electrons. The summed E-state index contributed by atoms with van der Waals surface area (Å²) in [6.45, 7) is 0. The van der Waals surface area contributed by atoms with E-state index in [2.05, 4.69) is 0 Å². The van der Waals surface area contributed by atoms with Crippen molar-refractivity contribution in [2.75, 3.05) is 7.11 Å². The summed E-state index contributed by atoms with van der Waals surface area (Å²) in [5.74, 6) is -0.336. The van der Waals surface area contributed by atoms with E-state index < -0.39 is 0 Å². The number of hydrogen-bond acceptors (Lipinski definition) is 3. The lowest BCUT2D eigenvalue weighted by molar-refractivity contribution is 0.0604. The summed E-state index contributed by atoms with van der Waals surface area (Å²) >= 11 is 0. The van der Waals surface area contributed by atoms with Crippen molar-refractivity contribution in [1.82, 2.24) is 0 Å². The molecule has 3 heteroatoms. The predicted molar refractivity (Wildman–Crippen MR) is 64.2 cm³/mol. The quantitative estimate of drug-likeness (QED) is 0.597. The Bertz CT molecular complexity index is 666. The van der Waals surface area contributed by atoms with Crippen molar-refractivity contribution in [2.24, 2.45) is 0 Å². The van der Waals surface area contributed by atoms with Gasteiger partial charge in [0.1, 0.15) is 5.58 Å². The van der Waals surface area contributed by atoms with E-state index in [1.165, 1.54) is 7.11 Å². The third kappa shape index (κ3) is 1.32. The van der Waals surface area contributed by atoms with Crippen LogP contribution in [0.3, 0.4) is 0 Å². The maximum atomic E-state index is 11.8. The van der Waals surface area contributed by atoms with Gasteiger partial charge in [-0.3, -0.25) is 0 Å². The highest BCUT2D eigenvalue weighted by atomic mass is 16.5. The number of esters is 1. The zero-order valence-electron chi connectivity index (χ0n) is 9.27. The van der Waals surface area contributed by atoms with Crippen LogP contribution in [0.5, 0.6) is 0 Å². The van der Waals surface area contributed by atoms with Gasteiger partial charge in [-0.1, -0.05) is 30.3 Å². The number of carbonyl (C=O) groups is 1. The van der Waals surface area contributed by atoms with Crippen molar-refractivity contribution in [3.05, 3.63) is 48.2 Å². The van der Waals surface area contributed by atoms with Crippen molar-refractivity contribution >= 4 is 16.9 Å². The van der Waals surface area contributed by atoms with Crippen molar-refractivity contribution < 1.29 is 13.9 Å². The molecule has 84 valence electrons. The van der Waals surface area contributed by atoms with Gasteiger partial charge in [0.15, 0.2) is 0 Å². The molecule has 2 aliphatic rings. The maximum Gasteiger partial charge on any atom is 0.339 e. The van der Waals surface area contributed by atoms with Gasteiger partial charge in [0.25, 0.3) is 0 Å². The smallest absolute Gasteiger partial charge is 0.339 e. The van der Waals surface area contributed by atoms with Gasteiger partial charge in [0, 0.05) is 16.5 Å². The third-order valence-electron chi connectivity index (χ3n) is 2.88. The van der Waals surface area contributed by atoms with E-state index >= 15 is 0 Å². The minimum atomic E-state index is -0.336. The average molecular weight is 226 g/mol. The molecular formula is C14H10O3. The summed E-state index contributed by atoms with van der Waals surface area (Å²) in [7, 11) is 1.38. The van der Waals surface area contributed by atoms with Crippen LogP contribution in [0.15, 0.2) is 47.1 Å². The molecule has 0 spiro atoms. The summed E-state index contributed by atoms with van der Waals surface area (Å²) in [6, 6.07) is 11.4. The van der Waals surface area contributed by atoms with E-state index in [1.54, 1.807) is 12.3 Å². The molecule has 2 aliphatic carbocycles. The fourth-order valence-corrected chi connectivity index (χ4v) is 2.15. The standard InChI is InChI=1S/C14H10O3/c1-16-14(15)12-9-5-3-2-4-6-10(9)13-11(12)7-8-17-13/h2-8H,1H3. The van der Waals surface area contributed by atoms with Gasteiger partial charge in [0.05, 0.1) is 18.9 Å². The molecule has 0 amide bonds. The van der Waals surface area contributed by atoms with Crippen LogP contribution in [-0.4, -0.2) is 13.1 Å². The SMILES string of the molecule is COC(=O)c1c2cccccc-2c2occc12. The summed E-state index contributed by atoms with van der Waals surface area (Å²) in [5, 5.41) is 0.804. The highest BCUT2D eigenvalue weighted by Crippen LogP contribution is 2.39. The molecule has 0 aromatic carbocycles. The van der Waals surface area contributed by atoms with E-state index in [0.29, 0.717) is 5.56 Å². The molecule has 0 aliphatic heterocycles. The topological polar surface area (TPSA) is 39.4 Å². The van der Waals surface area contributed by atoms with E-state index in [1.807, 2.05) is 30.3 Å².